The number of aromatic carboxylic acids is 3. The van der Waals surface area contributed by atoms with Crippen molar-refractivity contribution in [1.29, 1.82) is 0 Å². The van der Waals surface area contributed by atoms with Gasteiger partial charge in [-0.2, -0.15) is 0 Å². The van der Waals surface area contributed by atoms with Gasteiger partial charge in [-0.15, -0.1) is 0 Å². The first-order chi connectivity index (χ1) is 7.34. The average molecular weight is 340 g/mol. The first kappa shape index (κ1) is 26.2. The maximum Gasteiger partial charge on any atom is 1.00 e. The van der Waals surface area contributed by atoms with Crippen molar-refractivity contribution in [3.63, 3.8) is 0 Å². The number of carbonyl (C=O) groups is 3. The molecule has 1 N–H and O–H groups in total. The monoisotopic (exact) mass is 340 g/mol. The SMILES string of the molecule is O=C([O-])c1cc(C(=O)[O-])c([O-])c(C(=O)O)c1.[K+].[K+].[K+]. The number of carbonyl (C=O) groups excluding carboxylic acids is 2. The van der Waals surface area contributed by atoms with E-state index in [9.17, 15) is 29.7 Å². The van der Waals surface area contributed by atoms with Gasteiger partial charge in [0, 0.05) is 0 Å². The minimum atomic E-state index is -1.95. The van der Waals surface area contributed by atoms with E-state index in [-0.39, 0.29) is 154 Å². The third-order valence-corrected chi connectivity index (χ3v) is 1.77. The van der Waals surface area contributed by atoms with E-state index < -0.39 is 40.3 Å². The van der Waals surface area contributed by atoms with Crippen LogP contribution in [0.15, 0.2) is 12.1 Å². The van der Waals surface area contributed by atoms with Crippen LogP contribution in [0.2, 0.25) is 0 Å². The molecule has 1 aromatic carbocycles. The molecule has 0 atom stereocenters. The maximum atomic E-state index is 11.2. The molecule has 0 aliphatic heterocycles. The minimum absolute atomic E-state index is 0. The van der Waals surface area contributed by atoms with Gasteiger partial charge in [-0.3, -0.25) is 0 Å². The van der Waals surface area contributed by atoms with Gasteiger partial charge in [0.1, 0.15) is 0 Å². The Morgan fingerprint density at radius 1 is 0.895 bits per heavy atom. The summed E-state index contributed by atoms with van der Waals surface area (Å²) >= 11 is 0. The predicted molar refractivity (Wildman–Crippen MR) is 41.5 cm³/mol. The summed E-state index contributed by atoms with van der Waals surface area (Å²) in [4.78, 5) is 31.4. The van der Waals surface area contributed by atoms with Crippen LogP contribution in [-0.4, -0.2) is 23.0 Å². The zero-order valence-electron chi connectivity index (χ0n) is 10.6. The summed E-state index contributed by atoms with van der Waals surface area (Å²) in [5.41, 5.74) is -2.70. The van der Waals surface area contributed by atoms with Gasteiger partial charge in [-0.1, -0.05) is 5.75 Å². The third kappa shape index (κ3) is 7.43. The standard InChI is InChI=1S/C9H6O7.3K/c10-6-4(8(13)14)1-3(7(11)12)2-5(6)9(15)16;;;/h1-2,10H,(H,11,12)(H,13,14)(H,15,16);;;/q;3*+1/p-3. The second-order valence-corrected chi connectivity index (χ2v) is 2.78. The van der Waals surface area contributed by atoms with Gasteiger partial charge in [-0.05, 0) is 23.3 Å². The molecule has 0 saturated heterocycles. The summed E-state index contributed by atoms with van der Waals surface area (Å²) in [6, 6.07) is 1.03. The summed E-state index contributed by atoms with van der Waals surface area (Å²) in [6.45, 7) is 0. The molecule has 0 aromatic heterocycles. The average Bonchev–Trinajstić information content (AvgIpc) is 2.16. The second-order valence-electron chi connectivity index (χ2n) is 2.78. The molecular weight excluding hydrogens is 337 g/mol. The molecule has 10 heteroatoms. The quantitative estimate of drug-likeness (QED) is 0.539. The molecule has 0 aliphatic carbocycles. The van der Waals surface area contributed by atoms with E-state index in [1.165, 1.54) is 0 Å². The summed E-state index contributed by atoms with van der Waals surface area (Å²) < 4.78 is 0. The Hall–Kier alpha value is 2.34. The van der Waals surface area contributed by atoms with Gasteiger partial charge in [0.2, 0.25) is 0 Å². The van der Waals surface area contributed by atoms with Crippen LogP contribution in [-0.2, 0) is 0 Å². The topological polar surface area (TPSA) is 141 Å². The number of carboxylic acids is 3. The van der Waals surface area contributed by atoms with Crippen LogP contribution >= 0.6 is 0 Å². The molecule has 0 fully saturated rings. The van der Waals surface area contributed by atoms with E-state index in [0.29, 0.717) is 12.1 Å². The maximum absolute atomic E-state index is 11.2. The third-order valence-electron chi connectivity index (χ3n) is 1.77. The van der Waals surface area contributed by atoms with Crippen molar-refractivity contribution in [1.82, 2.24) is 0 Å². The summed E-state index contributed by atoms with van der Waals surface area (Å²) in [6.07, 6.45) is 0. The van der Waals surface area contributed by atoms with E-state index in [1.807, 2.05) is 0 Å². The van der Waals surface area contributed by atoms with Crippen LogP contribution in [0.25, 0.3) is 0 Å². The molecule has 84 valence electrons. The first-order valence-corrected chi connectivity index (χ1v) is 3.85. The van der Waals surface area contributed by atoms with E-state index >= 15 is 0 Å². The summed E-state index contributed by atoms with van der Waals surface area (Å²) in [7, 11) is 0. The fraction of sp³-hybridized carbons (Fsp3) is 0. The van der Waals surface area contributed by atoms with Crippen LogP contribution < -0.4 is 169 Å². The van der Waals surface area contributed by atoms with E-state index in [4.69, 9.17) is 5.11 Å². The van der Waals surface area contributed by atoms with Crippen molar-refractivity contribution >= 4 is 17.9 Å². The number of carboxylic acid groups (broad SMARTS) is 3. The number of hydrogen-bond acceptors (Lipinski definition) is 6. The van der Waals surface area contributed by atoms with Crippen molar-refractivity contribution in [3.05, 3.63) is 28.8 Å². The molecule has 7 nitrogen and oxygen atoms in total. The molecule has 0 spiro atoms. The van der Waals surface area contributed by atoms with Gasteiger partial charge >= 0.3 is 160 Å². The Kier molecular flexibility index (Phi) is 16.4. The molecule has 0 heterocycles. The van der Waals surface area contributed by atoms with Gasteiger partial charge in [0.25, 0.3) is 0 Å². The normalized spacial score (nSPS) is 8.21. The van der Waals surface area contributed by atoms with E-state index in [1.54, 1.807) is 0 Å². The minimum Gasteiger partial charge on any atom is -0.871 e. The van der Waals surface area contributed by atoms with Gasteiger partial charge in [-0.25, -0.2) is 4.79 Å². The number of benzene rings is 1. The van der Waals surface area contributed by atoms with E-state index in [0.717, 1.165) is 0 Å². The fourth-order valence-electron chi connectivity index (χ4n) is 1.06. The molecule has 0 aliphatic rings. The van der Waals surface area contributed by atoms with Crippen molar-refractivity contribution in [3.8, 4) is 5.75 Å². The van der Waals surface area contributed by atoms with Crippen LogP contribution in [0.1, 0.15) is 31.1 Å². The van der Waals surface area contributed by atoms with Gasteiger partial charge < -0.3 is 30.0 Å². The molecule has 0 unspecified atom stereocenters. The molecular formula is C9H3K3O7. The van der Waals surface area contributed by atoms with Crippen LogP contribution in [0.4, 0.5) is 0 Å². The molecule has 0 bridgehead atoms. The molecule has 1 rings (SSSR count). The Morgan fingerprint density at radius 3 is 1.63 bits per heavy atom. The Morgan fingerprint density at radius 2 is 1.32 bits per heavy atom. The van der Waals surface area contributed by atoms with Crippen molar-refractivity contribution in [2.45, 2.75) is 0 Å². The van der Waals surface area contributed by atoms with Gasteiger partial charge in [0.05, 0.1) is 17.5 Å². The van der Waals surface area contributed by atoms with Crippen molar-refractivity contribution in [2.75, 3.05) is 0 Å². The smallest absolute Gasteiger partial charge is 0.871 e. The number of hydrogen-bond donors (Lipinski definition) is 1. The van der Waals surface area contributed by atoms with Crippen molar-refractivity contribution < 1.29 is 189 Å². The van der Waals surface area contributed by atoms with Crippen molar-refractivity contribution in [2.24, 2.45) is 0 Å². The zero-order valence-corrected chi connectivity index (χ0v) is 19.9. The zero-order chi connectivity index (χ0) is 12.5. The van der Waals surface area contributed by atoms with Crippen LogP contribution in [0, 0.1) is 0 Å². The van der Waals surface area contributed by atoms with Crippen LogP contribution in [0.5, 0.6) is 5.75 Å². The summed E-state index contributed by atoms with van der Waals surface area (Å²) in [5.74, 6) is -6.77. The fourth-order valence-corrected chi connectivity index (χ4v) is 1.06. The largest absolute Gasteiger partial charge is 1.00 e. The van der Waals surface area contributed by atoms with Crippen LogP contribution in [0.3, 0.4) is 0 Å². The molecule has 1 aromatic rings. The molecule has 0 radical (unpaired) electrons. The first-order valence-electron chi connectivity index (χ1n) is 3.85. The second kappa shape index (κ2) is 11.8. The Labute approximate surface area is 235 Å². The molecule has 0 amide bonds. The Bertz CT molecular complexity index is 466. The predicted octanol–water partition coefficient (Wildman–Crippen LogP) is -11.8. The Balaban J connectivity index is -0.000000853. The number of rotatable bonds is 3. The van der Waals surface area contributed by atoms with E-state index in [2.05, 4.69) is 0 Å². The molecule has 19 heavy (non-hydrogen) atoms. The van der Waals surface area contributed by atoms with Gasteiger partial charge in [0.15, 0.2) is 0 Å². The molecule has 0 saturated carbocycles. The summed E-state index contributed by atoms with van der Waals surface area (Å²) in [5, 5.41) is 40.7.